The third-order valence-electron chi connectivity index (χ3n) is 6.49. The Morgan fingerprint density at radius 2 is 1.24 bits per heavy atom. The molecule has 1 aromatic rings. The van der Waals surface area contributed by atoms with Crippen molar-refractivity contribution in [2.45, 2.75) is 124 Å². The summed E-state index contributed by atoms with van der Waals surface area (Å²) in [5.74, 6) is 0. The molecule has 0 saturated heterocycles. The minimum absolute atomic E-state index is 0.102. The number of rotatable bonds is 9. The van der Waals surface area contributed by atoms with Crippen LogP contribution in [0.3, 0.4) is 0 Å². The van der Waals surface area contributed by atoms with Gasteiger partial charge in [0.15, 0.2) is 8.32 Å². The number of ether oxygens (including phenoxy) is 3. The predicted octanol–water partition coefficient (Wildman–Crippen LogP) is 8.37. The van der Waals surface area contributed by atoms with Gasteiger partial charge in [-0.05, 0) is 105 Å². The lowest BCUT2D eigenvalue weighted by molar-refractivity contribution is 0.00372. The molecule has 42 heavy (non-hydrogen) atoms. The van der Waals surface area contributed by atoms with Crippen LogP contribution in [0.15, 0.2) is 30.3 Å². The van der Waals surface area contributed by atoms with Crippen LogP contribution in [0.2, 0.25) is 18.1 Å². The molecule has 0 fully saturated rings. The van der Waals surface area contributed by atoms with Crippen molar-refractivity contribution in [3.05, 3.63) is 35.9 Å². The molecule has 0 saturated carbocycles. The lowest BCUT2D eigenvalue weighted by Crippen LogP contribution is -2.43. The van der Waals surface area contributed by atoms with Crippen molar-refractivity contribution in [2.24, 2.45) is 0 Å². The topological polar surface area (TPSA) is 106 Å². The Labute approximate surface area is 254 Å². The molecule has 0 unspecified atom stereocenters. The van der Waals surface area contributed by atoms with E-state index in [1.807, 2.05) is 58.1 Å². The molecular weight excluding hydrogens is 552 g/mol. The Kier molecular flexibility index (Phi) is 12.5. The van der Waals surface area contributed by atoms with E-state index in [2.05, 4.69) is 13.8 Å². The third-order valence-corrected chi connectivity index (χ3v) is 10.1. The summed E-state index contributed by atoms with van der Waals surface area (Å²) >= 11 is 0. The van der Waals surface area contributed by atoms with E-state index in [9.17, 15) is 19.2 Å². The van der Waals surface area contributed by atoms with Crippen LogP contribution >= 0.6 is 0 Å². The molecule has 0 bridgehead atoms. The van der Waals surface area contributed by atoms with Gasteiger partial charge in [-0.1, -0.05) is 44.2 Å². The highest BCUT2D eigenvalue weighted by atomic mass is 28.4. The van der Waals surface area contributed by atoms with E-state index < -0.39 is 43.4 Å². The second kappa shape index (κ2) is 14.1. The van der Waals surface area contributed by atoms with E-state index >= 15 is 0 Å². The van der Waals surface area contributed by atoms with Crippen molar-refractivity contribution in [3.63, 3.8) is 0 Å². The molecule has 1 aromatic carbocycles. The maximum Gasteiger partial charge on any atom is 0.420 e. The van der Waals surface area contributed by atoms with Gasteiger partial charge >= 0.3 is 18.3 Å². The Hall–Kier alpha value is -2.85. The van der Waals surface area contributed by atoms with E-state index in [1.165, 1.54) is 0 Å². The number of imide groups is 1. The first-order valence-corrected chi connectivity index (χ1v) is 17.5. The van der Waals surface area contributed by atoms with Crippen LogP contribution in [0.4, 0.5) is 20.1 Å². The SMILES string of the molecule is CC(C)(C)OC(=O)N(C/C=C/c1ccccc1N(CCCC(C)(C)[Si](C)(C)O)C(=O)OC(C)(C)C)C(=O)OC(C)(C)C. The summed E-state index contributed by atoms with van der Waals surface area (Å²) in [7, 11) is -2.42. The zero-order valence-electron chi connectivity index (χ0n) is 28.1. The molecule has 0 aliphatic rings. The molecule has 0 aromatic heterocycles. The third kappa shape index (κ3) is 13.0. The average Bonchev–Trinajstić information content (AvgIpc) is 2.75. The summed E-state index contributed by atoms with van der Waals surface area (Å²) in [6.45, 7) is 24.1. The lowest BCUT2D eigenvalue weighted by atomic mass is 10.1. The van der Waals surface area contributed by atoms with Crippen LogP contribution < -0.4 is 4.90 Å². The van der Waals surface area contributed by atoms with E-state index in [-0.39, 0.29) is 11.6 Å². The second-order valence-electron chi connectivity index (χ2n) is 14.7. The van der Waals surface area contributed by atoms with Gasteiger partial charge in [0.25, 0.3) is 0 Å². The van der Waals surface area contributed by atoms with E-state index in [0.717, 1.165) is 11.3 Å². The summed E-state index contributed by atoms with van der Waals surface area (Å²) in [4.78, 5) is 52.4. The largest absolute Gasteiger partial charge is 0.443 e. The Balaban J connectivity index is 3.35. The van der Waals surface area contributed by atoms with Crippen LogP contribution in [0.25, 0.3) is 6.08 Å². The maximum atomic E-state index is 13.4. The van der Waals surface area contributed by atoms with E-state index in [4.69, 9.17) is 14.2 Å². The summed E-state index contributed by atoms with van der Waals surface area (Å²) < 4.78 is 16.6. The standard InChI is InChI=1S/C32H54N2O7Si/c1-29(2,3)39-26(35)33(23-17-21-32(10,11)42(12,13)38)25-20-15-14-18-24(25)19-16-22-34(27(36)40-30(4,5)6)28(37)41-31(7,8)9/h14-16,18-20,38H,17,21-23H2,1-13H3/b19-16+. The Morgan fingerprint density at radius 1 is 0.786 bits per heavy atom. The van der Waals surface area contributed by atoms with Gasteiger partial charge in [-0.15, -0.1) is 0 Å². The molecular formula is C32H54N2O7Si. The fraction of sp³-hybridized carbons (Fsp3) is 0.656. The highest BCUT2D eigenvalue weighted by molar-refractivity contribution is 6.72. The van der Waals surface area contributed by atoms with Crippen molar-refractivity contribution in [3.8, 4) is 0 Å². The van der Waals surface area contributed by atoms with Crippen LogP contribution in [0.1, 0.15) is 94.6 Å². The van der Waals surface area contributed by atoms with Gasteiger partial charge in [0.1, 0.15) is 16.8 Å². The van der Waals surface area contributed by atoms with Crippen LogP contribution in [0.5, 0.6) is 0 Å². The monoisotopic (exact) mass is 606 g/mol. The van der Waals surface area contributed by atoms with Crippen molar-refractivity contribution in [2.75, 3.05) is 18.0 Å². The molecule has 9 nitrogen and oxygen atoms in total. The second-order valence-corrected chi connectivity index (χ2v) is 19.2. The van der Waals surface area contributed by atoms with Gasteiger partial charge in [-0.2, -0.15) is 0 Å². The number of carbonyl (C=O) groups excluding carboxylic acids is 3. The number of hydrogen-bond acceptors (Lipinski definition) is 7. The van der Waals surface area contributed by atoms with Gasteiger partial charge in [-0.3, -0.25) is 4.90 Å². The number of amides is 3. The molecule has 0 atom stereocenters. The zero-order chi connectivity index (χ0) is 32.7. The van der Waals surface area contributed by atoms with Crippen LogP contribution in [-0.4, -0.2) is 66.2 Å². The van der Waals surface area contributed by atoms with Crippen molar-refractivity contribution in [1.29, 1.82) is 0 Å². The summed E-state index contributed by atoms with van der Waals surface area (Å²) in [5.41, 5.74) is -0.968. The first kappa shape index (κ1) is 37.2. The number of anilines is 1. The van der Waals surface area contributed by atoms with Crippen molar-refractivity contribution < 1.29 is 33.4 Å². The smallest absolute Gasteiger partial charge is 0.420 e. The molecule has 0 heterocycles. The minimum atomic E-state index is -2.42. The highest BCUT2D eigenvalue weighted by Crippen LogP contribution is 2.40. The van der Waals surface area contributed by atoms with Crippen molar-refractivity contribution >= 4 is 38.4 Å². The normalized spacial score (nSPS) is 13.1. The molecule has 0 aliphatic heterocycles. The zero-order valence-corrected chi connectivity index (χ0v) is 29.1. The minimum Gasteiger partial charge on any atom is -0.443 e. The molecule has 1 N–H and O–H groups in total. The molecule has 10 heteroatoms. The Bertz CT molecular complexity index is 1080. The maximum absolute atomic E-state index is 13.4. The summed E-state index contributed by atoms with van der Waals surface area (Å²) in [6, 6.07) is 7.37. The van der Waals surface area contributed by atoms with Gasteiger partial charge in [-0.25, -0.2) is 19.3 Å². The molecule has 0 aliphatic carbocycles. The summed E-state index contributed by atoms with van der Waals surface area (Å²) in [6.07, 6.45) is 2.69. The van der Waals surface area contributed by atoms with Gasteiger partial charge < -0.3 is 19.0 Å². The number of benzene rings is 1. The quantitative estimate of drug-likeness (QED) is 0.222. The number of hydrogen-bond donors (Lipinski definition) is 1. The molecule has 3 amide bonds. The van der Waals surface area contributed by atoms with Gasteiger partial charge in [0, 0.05) is 6.54 Å². The van der Waals surface area contributed by atoms with E-state index in [0.29, 0.717) is 24.2 Å². The average molecular weight is 607 g/mol. The molecule has 238 valence electrons. The first-order chi connectivity index (χ1) is 18.8. The first-order valence-electron chi connectivity index (χ1n) is 14.5. The lowest BCUT2D eigenvalue weighted by Gasteiger charge is -2.36. The molecule has 0 spiro atoms. The van der Waals surface area contributed by atoms with Crippen LogP contribution in [-0.2, 0) is 14.2 Å². The van der Waals surface area contributed by atoms with Crippen molar-refractivity contribution in [1.82, 2.24) is 4.90 Å². The number of para-hydroxylation sites is 1. The molecule has 0 radical (unpaired) electrons. The van der Waals surface area contributed by atoms with Gasteiger partial charge in [0.2, 0.25) is 0 Å². The van der Waals surface area contributed by atoms with Gasteiger partial charge in [0.05, 0.1) is 12.2 Å². The Morgan fingerprint density at radius 3 is 1.69 bits per heavy atom. The number of nitrogens with zero attached hydrogens (tertiary/aromatic N) is 2. The predicted molar refractivity (Wildman–Crippen MR) is 171 cm³/mol. The highest BCUT2D eigenvalue weighted by Gasteiger charge is 2.38. The molecule has 1 rings (SSSR count). The summed E-state index contributed by atoms with van der Waals surface area (Å²) in [5, 5.41) is -0.237. The fourth-order valence-electron chi connectivity index (χ4n) is 3.63. The number of carbonyl (C=O) groups is 3. The fourth-order valence-corrected chi connectivity index (χ4v) is 4.42. The van der Waals surface area contributed by atoms with Crippen LogP contribution in [0, 0.1) is 0 Å². The van der Waals surface area contributed by atoms with E-state index in [1.54, 1.807) is 58.6 Å².